The van der Waals surface area contributed by atoms with Crippen molar-refractivity contribution in [3.8, 4) is 22.8 Å². The molecule has 0 aliphatic carbocycles. The van der Waals surface area contributed by atoms with Crippen molar-refractivity contribution in [3.63, 3.8) is 0 Å². The van der Waals surface area contributed by atoms with E-state index in [2.05, 4.69) is 22.2 Å². The van der Waals surface area contributed by atoms with Crippen LogP contribution in [-0.2, 0) is 0 Å². The molecule has 0 amide bonds. The Morgan fingerprint density at radius 2 is 1.97 bits per heavy atom. The van der Waals surface area contributed by atoms with Gasteiger partial charge in [0.25, 0.3) is 0 Å². The summed E-state index contributed by atoms with van der Waals surface area (Å²) in [5.41, 5.74) is 3.29. The van der Waals surface area contributed by atoms with E-state index in [1.54, 1.807) is 12.1 Å². The van der Waals surface area contributed by atoms with E-state index in [9.17, 15) is 4.39 Å². The lowest BCUT2D eigenvalue weighted by molar-refractivity contribution is 0.371. The molecule has 0 saturated carbocycles. The van der Waals surface area contributed by atoms with Gasteiger partial charge in [-0.1, -0.05) is 11.6 Å². The summed E-state index contributed by atoms with van der Waals surface area (Å²) < 4.78 is 19.4. The number of nitrogens with zero attached hydrogens (tertiary/aromatic N) is 2. The first-order valence-corrected chi connectivity index (χ1v) is 10.1. The molecule has 5 rings (SSSR count). The zero-order chi connectivity index (χ0) is 20.0. The van der Waals surface area contributed by atoms with Crippen LogP contribution in [0.2, 0.25) is 5.02 Å². The van der Waals surface area contributed by atoms with Gasteiger partial charge in [-0.2, -0.15) is 0 Å². The molecule has 6 nitrogen and oxygen atoms in total. The standard InChI is InChI=1S/C22H20ClFN4O.ClH.H2O/c1-12-8-14(6-7-25-12)22-26-11-19-17(28-22)10-18(27-19)21-5-4-20(29-21)13-2-3-16(24)15(23)9-13;;/h2-5,9-12,14,25,27H,6-8H2,1H3;1H;1H2. The number of fused-ring (bicyclic) bond motifs is 1. The van der Waals surface area contributed by atoms with Crippen molar-refractivity contribution in [3.05, 3.63) is 59.3 Å². The third-order valence-corrected chi connectivity index (χ3v) is 5.74. The molecule has 1 aliphatic heterocycles. The van der Waals surface area contributed by atoms with Crippen LogP contribution >= 0.6 is 24.0 Å². The molecule has 1 aromatic carbocycles. The molecule has 4 heterocycles. The molecule has 0 spiro atoms. The molecule has 1 aliphatic rings. The zero-order valence-electron chi connectivity index (χ0n) is 16.8. The number of H-pyrrole nitrogens is 1. The van der Waals surface area contributed by atoms with Gasteiger partial charge in [0.15, 0.2) is 5.76 Å². The van der Waals surface area contributed by atoms with Crippen LogP contribution in [0, 0.1) is 5.82 Å². The number of benzene rings is 1. The first kappa shape index (κ1) is 23.2. The Hall–Kier alpha value is -2.45. The van der Waals surface area contributed by atoms with Crippen molar-refractivity contribution in [1.82, 2.24) is 20.3 Å². The lowest BCUT2D eigenvalue weighted by Gasteiger charge is -2.26. The van der Waals surface area contributed by atoms with Crippen LogP contribution < -0.4 is 5.32 Å². The normalized spacial score (nSPS) is 18.4. The molecule has 3 aromatic heterocycles. The fourth-order valence-corrected chi connectivity index (χ4v) is 4.10. The Morgan fingerprint density at radius 3 is 2.74 bits per heavy atom. The molecule has 4 aromatic rings. The molecule has 1 fully saturated rings. The van der Waals surface area contributed by atoms with E-state index in [1.807, 2.05) is 24.4 Å². The van der Waals surface area contributed by atoms with Crippen molar-refractivity contribution in [2.45, 2.75) is 31.7 Å². The fourth-order valence-electron chi connectivity index (χ4n) is 3.92. The Balaban J connectivity index is 0.00000136. The number of aromatic nitrogens is 3. The minimum absolute atomic E-state index is 0. The third-order valence-electron chi connectivity index (χ3n) is 5.45. The van der Waals surface area contributed by atoms with Gasteiger partial charge in [-0.3, -0.25) is 0 Å². The Morgan fingerprint density at radius 1 is 1.16 bits per heavy atom. The highest BCUT2D eigenvalue weighted by molar-refractivity contribution is 6.31. The van der Waals surface area contributed by atoms with E-state index in [0.29, 0.717) is 23.5 Å². The number of halogens is 3. The number of hydrogen-bond acceptors (Lipinski definition) is 4. The van der Waals surface area contributed by atoms with Gasteiger partial charge in [0.05, 0.1) is 27.9 Å². The SMILES string of the molecule is CC1CC(c2ncc3[nH]c(-c4ccc(-c5ccc(F)c(Cl)c5)o4)cc3n2)CCN1.Cl.O. The summed E-state index contributed by atoms with van der Waals surface area (Å²) in [6.07, 6.45) is 3.94. The zero-order valence-corrected chi connectivity index (χ0v) is 18.4. The Kier molecular flexibility index (Phi) is 7.01. The summed E-state index contributed by atoms with van der Waals surface area (Å²) in [6.45, 7) is 3.19. The molecular weight excluding hydrogens is 442 g/mol. The molecule has 31 heavy (non-hydrogen) atoms. The number of nitrogens with one attached hydrogen (secondary N) is 2. The maximum Gasteiger partial charge on any atom is 0.151 e. The van der Waals surface area contributed by atoms with Crippen LogP contribution in [-0.4, -0.2) is 33.0 Å². The second-order valence-corrected chi connectivity index (χ2v) is 7.99. The molecule has 2 unspecified atom stereocenters. The quantitative estimate of drug-likeness (QED) is 0.438. The summed E-state index contributed by atoms with van der Waals surface area (Å²) in [5.74, 6) is 2.13. The number of aromatic amines is 1. The van der Waals surface area contributed by atoms with Gasteiger partial charge in [0, 0.05) is 17.5 Å². The van der Waals surface area contributed by atoms with Gasteiger partial charge in [-0.15, -0.1) is 12.4 Å². The van der Waals surface area contributed by atoms with Crippen LogP contribution in [0.5, 0.6) is 0 Å². The van der Waals surface area contributed by atoms with Crippen molar-refractivity contribution < 1.29 is 14.3 Å². The highest BCUT2D eigenvalue weighted by atomic mass is 35.5. The summed E-state index contributed by atoms with van der Waals surface area (Å²) in [5, 5.41) is 3.53. The summed E-state index contributed by atoms with van der Waals surface area (Å²) in [7, 11) is 0. The maximum atomic E-state index is 13.4. The molecule has 164 valence electrons. The van der Waals surface area contributed by atoms with Gasteiger partial charge in [-0.05, 0) is 62.7 Å². The molecule has 0 bridgehead atoms. The topological polar surface area (TPSA) is 98.2 Å². The summed E-state index contributed by atoms with van der Waals surface area (Å²) in [4.78, 5) is 12.7. The largest absolute Gasteiger partial charge is 0.455 e. The minimum atomic E-state index is -0.449. The first-order valence-electron chi connectivity index (χ1n) is 9.71. The van der Waals surface area contributed by atoms with Gasteiger partial charge in [-0.25, -0.2) is 14.4 Å². The Bertz CT molecular complexity index is 1190. The van der Waals surface area contributed by atoms with E-state index in [4.69, 9.17) is 21.0 Å². The predicted octanol–water partition coefficient (Wildman–Crippen LogP) is 5.13. The van der Waals surface area contributed by atoms with Gasteiger partial charge < -0.3 is 20.2 Å². The molecule has 2 atom stereocenters. The highest BCUT2D eigenvalue weighted by Crippen LogP contribution is 2.32. The van der Waals surface area contributed by atoms with Crippen molar-refractivity contribution in [1.29, 1.82) is 0 Å². The van der Waals surface area contributed by atoms with Gasteiger partial charge in [0.1, 0.15) is 17.4 Å². The van der Waals surface area contributed by atoms with Crippen LogP contribution in [0.3, 0.4) is 0 Å². The van der Waals surface area contributed by atoms with Gasteiger partial charge in [0.2, 0.25) is 0 Å². The fraction of sp³-hybridized carbons (Fsp3) is 0.273. The first-order chi connectivity index (χ1) is 14.1. The third kappa shape index (κ3) is 4.60. The average molecular weight is 465 g/mol. The van der Waals surface area contributed by atoms with E-state index in [0.717, 1.165) is 47.5 Å². The summed E-state index contributed by atoms with van der Waals surface area (Å²) >= 11 is 5.89. The van der Waals surface area contributed by atoms with Gasteiger partial charge >= 0.3 is 0 Å². The second-order valence-electron chi connectivity index (χ2n) is 7.58. The monoisotopic (exact) mass is 464 g/mol. The predicted molar refractivity (Wildman–Crippen MR) is 122 cm³/mol. The van der Waals surface area contributed by atoms with E-state index in [1.165, 1.54) is 6.07 Å². The molecule has 0 radical (unpaired) electrons. The molecular formula is C22H23Cl2FN4O2. The van der Waals surface area contributed by atoms with Crippen LogP contribution in [0.25, 0.3) is 33.8 Å². The number of furan rings is 1. The van der Waals surface area contributed by atoms with Crippen molar-refractivity contribution in [2.75, 3.05) is 6.54 Å². The lowest BCUT2D eigenvalue weighted by atomic mass is 9.92. The van der Waals surface area contributed by atoms with Crippen molar-refractivity contribution >= 4 is 35.0 Å². The number of piperidine rings is 1. The summed E-state index contributed by atoms with van der Waals surface area (Å²) in [6, 6.07) is 10.7. The van der Waals surface area contributed by atoms with E-state index >= 15 is 0 Å². The number of rotatable bonds is 3. The second kappa shape index (κ2) is 9.36. The molecule has 4 N–H and O–H groups in total. The van der Waals surface area contributed by atoms with E-state index < -0.39 is 5.82 Å². The van der Waals surface area contributed by atoms with E-state index in [-0.39, 0.29) is 22.9 Å². The number of hydrogen-bond donors (Lipinski definition) is 2. The molecule has 1 saturated heterocycles. The van der Waals surface area contributed by atoms with Crippen LogP contribution in [0.4, 0.5) is 4.39 Å². The smallest absolute Gasteiger partial charge is 0.151 e. The average Bonchev–Trinajstić information content (AvgIpc) is 3.36. The van der Waals surface area contributed by atoms with Crippen molar-refractivity contribution in [2.24, 2.45) is 0 Å². The maximum absolute atomic E-state index is 13.4. The highest BCUT2D eigenvalue weighted by Gasteiger charge is 2.22. The minimum Gasteiger partial charge on any atom is -0.455 e. The van der Waals surface area contributed by atoms with Crippen LogP contribution in [0.1, 0.15) is 31.5 Å². The lowest BCUT2D eigenvalue weighted by Crippen LogP contribution is -2.35. The molecule has 9 heteroatoms. The van der Waals surface area contributed by atoms with Crippen LogP contribution in [0.15, 0.2) is 47.0 Å². The Labute approximate surface area is 190 Å².